The minimum Gasteiger partial charge on any atom is -0.497 e. The number of hydrogen-bond donors (Lipinski definition) is 0. The van der Waals surface area contributed by atoms with Gasteiger partial charge in [0.1, 0.15) is 5.75 Å². The van der Waals surface area contributed by atoms with E-state index in [0.29, 0.717) is 6.54 Å². The van der Waals surface area contributed by atoms with Gasteiger partial charge in [-0.15, -0.1) is 0 Å². The van der Waals surface area contributed by atoms with E-state index in [4.69, 9.17) is 4.74 Å². The van der Waals surface area contributed by atoms with E-state index in [0.717, 1.165) is 43.5 Å². The van der Waals surface area contributed by atoms with E-state index in [1.807, 2.05) is 24.3 Å². The van der Waals surface area contributed by atoms with Gasteiger partial charge >= 0.3 is 0 Å². The molecule has 1 heterocycles. The van der Waals surface area contributed by atoms with E-state index < -0.39 is 0 Å². The molecule has 4 heteroatoms. The third-order valence-electron chi connectivity index (χ3n) is 5.28. The molecule has 0 spiro atoms. The van der Waals surface area contributed by atoms with Gasteiger partial charge in [0.2, 0.25) is 0 Å². The molecule has 0 atom stereocenters. The molecule has 1 aromatic rings. The van der Waals surface area contributed by atoms with Gasteiger partial charge < -0.3 is 4.74 Å². The van der Waals surface area contributed by atoms with Crippen molar-refractivity contribution in [3.8, 4) is 5.75 Å². The van der Waals surface area contributed by atoms with Crippen LogP contribution in [0.4, 0.5) is 0 Å². The number of carbonyl (C=O) groups is 1. The zero-order valence-electron chi connectivity index (χ0n) is 14.2. The minimum absolute atomic E-state index is 0.207. The lowest BCUT2D eigenvalue weighted by molar-refractivity contribution is 0.0691. The molecule has 3 rings (SSSR count). The number of piperazine rings is 1. The summed E-state index contributed by atoms with van der Waals surface area (Å²) >= 11 is 0. The summed E-state index contributed by atoms with van der Waals surface area (Å²) in [4.78, 5) is 17.3. The number of nitrogens with zero attached hydrogens (tertiary/aromatic N) is 2. The molecule has 0 radical (unpaired) electrons. The zero-order valence-corrected chi connectivity index (χ0v) is 14.2. The highest BCUT2D eigenvalue weighted by molar-refractivity contribution is 5.97. The van der Waals surface area contributed by atoms with Crippen molar-refractivity contribution in [3.63, 3.8) is 0 Å². The predicted molar refractivity (Wildman–Crippen MR) is 92.2 cm³/mol. The first kappa shape index (κ1) is 16.5. The quantitative estimate of drug-likeness (QED) is 0.782. The second-order valence-electron chi connectivity index (χ2n) is 6.76. The van der Waals surface area contributed by atoms with Crippen LogP contribution in [0.25, 0.3) is 0 Å². The standard InChI is InChI=1S/C19H28N2O2/c1-23-18-9-7-16(8-10-18)19(22)15-20-11-13-21(14-12-20)17-5-3-2-4-6-17/h7-10,17H,2-6,11-15H2,1H3. The van der Waals surface area contributed by atoms with E-state index in [-0.39, 0.29) is 5.78 Å². The maximum Gasteiger partial charge on any atom is 0.176 e. The van der Waals surface area contributed by atoms with Crippen molar-refractivity contribution >= 4 is 5.78 Å². The Bertz CT molecular complexity index is 501. The Balaban J connectivity index is 1.46. The van der Waals surface area contributed by atoms with E-state index in [1.54, 1.807) is 7.11 Å². The molecule has 1 saturated carbocycles. The van der Waals surface area contributed by atoms with E-state index in [2.05, 4.69) is 9.80 Å². The molecular formula is C19H28N2O2. The molecule has 4 nitrogen and oxygen atoms in total. The molecule has 0 N–H and O–H groups in total. The van der Waals surface area contributed by atoms with Crippen LogP contribution >= 0.6 is 0 Å². The molecule has 0 unspecified atom stereocenters. The van der Waals surface area contributed by atoms with Crippen molar-refractivity contribution < 1.29 is 9.53 Å². The number of hydrogen-bond acceptors (Lipinski definition) is 4. The van der Waals surface area contributed by atoms with Gasteiger partial charge in [-0.1, -0.05) is 19.3 Å². The van der Waals surface area contributed by atoms with E-state index in [1.165, 1.54) is 32.1 Å². The number of ether oxygens (including phenoxy) is 1. The van der Waals surface area contributed by atoms with Crippen LogP contribution in [0, 0.1) is 0 Å². The number of benzene rings is 1. The van der Waals surface area contributed by atoms with Crippen LogP contribution in [0.15, 0.2) is 24.3 Å². The van der Waals surface area contributed by atoms with Gasteiger partial charge in [-0.05, 0) is 37.1 Å². The summed E-state index contributed by atoms with van der Waals surface area (Å²) in [5, 5.41) is 0. The van der Waals surface area contributed by atoms with Crippen LogP contribution < -0.4 is 4.74 Å². The number of ketones is 1. The Labute approximate surface area is 139 Å². The van der Waals surface area contributed by atoms with Crippen molar-refractivity contribution in [3.05, 3.63) is 29.8 Å². The highest BCUT2D eigenvalue weighted by Crippen LogP contribution is 2.23. The SMILES string of the molecule is COc1ccc(C(=O)CN2CCN(C3CCCCC3)CC2)cc1. The molecule has 2 fully saturated rings. The molecule has 23 heavy (non-hydrogen) atoms. The topological polar surface area (TPSA) is 32.8 Å². The number of rotatable bonds is 5. The van der Waals surface area contributed by atoms with Gasteiger partial charge in [-0.25, -0.2) is 0 Å². The lowest BCUT2D eigenvalue weighted by atomic mass is 9.94. The lowest BCUT2D eigenvalue weighted by Gasteiger charge is -2.40. The molecule has 1 aliphatic carbocycles. The van der Waals surface area contributed by atoms with Crippen LogP contribution in [0.3, 0.4) is 0 Å². The molecule has 2 aliphatic rings. The highest BCUT2D eigenvalue weighted by Gasteiger charge is 2.25. The highest BCUT2D eigenvalue weighted by atomic mass is 16.5. The first-order valence-corrected chi connectivity index (χ1v) is 8.90. The molecule has 1 aromatic carbocycles. The second-order valence-corrected chi connectivity index (χ2v) is 6.76. The van der Waals surface area contributed by atoms with Crippen LogP contribution in [0.2, 0.25) is 0 Å². The minimum atomic E-state index is 0.207. The molecule has 0 bridgehead atoms. The van der Waals surface area contributed by atoms with Gasteiger partial charge in [-0.2, -0.15) is 0 Å². The van der Waals surface area contributed by atoms with Crippen molar-refractivity contribution in [1.82, 2.24) is 9.80 Å². The summed E-state index contributed by atoms with van der Waals surface area (Å²) in [7, 11) is 1.64. The summed E-state index contributed by atoms with van der Waals surface area (Å²) in [6.07, 6.45) is 6.92. The molecule has 1 saturated heterocycles. The van der Waals surface area contributed by atoms with Crippen LogP contribution in [0.1, 0.15) is 42.5 Å². The van der Waals surface area contributed by atoms with Crippen LogP contribution in [-0.4, -0.2) is 61.5 Å². The Morgan fingerprint density at radius 3 is 2.30 bits per heavy atom. The van der Waals surface area contributed by atoms with Crippen molar-refractivity contribution in [1.29, 1.82) is 0 Å². The normalized spacial score (nSPS) is 21.3. The van der Waals surface area contributed by atoms with Gasteiger partial charge in [0.05, 0.1) is 13.7 Å². The summed E-state index contributed by atoms with van der Waals surface area (Å²) in [6.45, 7) is 4.78. The molecule has 1 aliphatic heterocycles. The average molecular weight is 316 g/mol. The fourth-order valence-corrected chi connectivity index (χ4v) is 3.80. The molecule has 126 valence electrons. The maximum absolute atomic E-state index is 12.4. The summed E-state index contributed by atoms with van der Waals surface area (Å²) in [5.74, 6) is 1.00. The predicted octanol–water partition coefficient (Wildman–Crippen LogP) is 2.83. The van der Waals surface area contributed by atoms with Crippen molar-refractivity contribution in [2.45, 2.75) is 38.1 Å². The van der Waals surface area contributed by atoms with Gasteiger partial charge in [0.15, 0.2) is 5.78 Å². The average Bonchev–Trinajstić information content (AvgIpc) is 2.63. The molecular weight excluding hydrogens is 288 g/mol. The third kappa shape index (κ3) is 4.33. The molecule has 0 aromatic heterocycles. The Kier molecular flexibility index (Phi) is 5.68. The monoisotopic (exact) mass is 316 g/mol. The van der Waals surface area contributed by atoms with Gasteiger partial charge in [0.25, 0.3) is 0 Å². The lowest BCUT2D eigenvalue weighted by Crippen LogP contribution is -2.51. The fraction of sp³-hybridized carbons (Fsp3) is 0.632. The van der Waals surface area contributed by atoms with Crippen molar-refractivity contribution in [2.24, 2.45) is 0 Å². The van der Waals surface area contributed by atoms with E-state index in [9.17, 15) is 4.79 Å². The number of carbonyl (C=O) groups excluding carboxylic acids is 1. The number of methoxy groups -OCH3 is 1. The summed E-state index contributed by atoms with van der Waals surface area (Å²) < 4.78 is 5.14. The second kappa shape index (κ2) is 7.93. The summed E-state index contributed by atoms with van der Waals surface area (Å²) in [6, 6.07) is 8.23. The van der Waals surface area contributed by atoms with Crippen molar-refractivity contribution in [2.75, 3.05) is 39.8 Å². The first-order valence-electron chi connectivity index (χ1n) is 8.90. The first-order chi connectivity index (χ1) is 11.3. The number of Topliss-reactive ketones (excluding diaryl/α,β-unsaturated/α-hetero) is 1. The Hall–Kier alpha value is -1.39. The smallest absolute Gasteiger partial charge is 0.176 e. The maximum atomic E-state index is 12.4. The van der Waals surface area contributed by atoms with E-state index >= 15 is 0 Å². The van der Waals surface area contributed by atoms with Gasteiger partial charge in [-0.3, -0.25) is 14.6 Å². The molecule has 0 amide bonds. The Morgan fingerprint density at radius 2 is 1.70 bits per heavy atom. The van der Waals surface area contributed by atoms with Gasteiger partial charge in [0, 0.05) is 37.8 Å². The third-order valence-corrected chi connectivity index (χ3v) is 5.28. The Morgan fingerprint density at radius 1 is 1.04 bits per heavy atom. The summed E-state index contributed by atoms with van der Waals surface area (Å²) in [5.41, 5.74) is 0.778. The largest absolute Gasteiger partial charge is 0.497 e. The van der Waals surface area contributed by atoms with Crippen LogP contribution in [0.5, 0.6) is 5.75 Å². The fourth-order valence-electron chi connectivity index (χ4n) is 3.80. The van der Waals surface area contributed by atoms with Crippen LogP contribution in [-0.2, 0) is 0 Å². The zero-order chi connectivity index (χ0) is 16.1.